The van der Waals surface area contributed by atoms with E-state index in [4.69, 9.17) is 4.42 Å². The van der Waals surface area contributed by atoms with Crippen molar-refractivity contribution in [2.75, 3.05) is 13.1 Å². The number of amides is 2. The Morgan fingerprint density at radius 2 is 2.03 bits per heavy atom. The van der Waals surface area contributed by atoms with Crippen molar-refractivity contribution in [3.63, 3.8) is 0 Å². The summed E-state index contributed by atoms with van der Waals surface area (Å²) in [4.78, 5) is 33.1. The van der Waals surface area contributed by atoms with Crippen LogP contribution in [0, 0.1) is 6.92 Å². The lowest BCUT2D eigenvalue weighted by molar-refractivity contribution is 0.0695. The second kappa shape index (κ2) is 7.65. The minimum Gasteiger partial charge on any atom is -0.459 e. The highest BCUT2D eigenvalue weighted by Gasteiger charge is 2.26. The topological polar surface area (TPSA) is 91.2 Å². The zero-order valence-electron chi connectivity index (χ0n) is 15.7. The van der Waals surface area contributed by atoms with Crippen molar-refractivity contribution in [3.8, 4) is 0 Å². The maximum atomic E-state index is 12.8. The smallest absolute Gasteiger partial charge is 0.295 e. The van der Waals surface area contributed by atoms with E-state index < -0.39 is 12.2 Å². The number of carbonyl (C=O) groups excluding carboxylic acids is 2. The van der Waals surface area contributed by atoms with Crippen LogP contribution in [0.25, 0.3) is 11.0 Å². The third kappa shape index (κ3) is 3.85. The number of hydrogen-bond donors (Lipinski definition) is 2. The number of rotatable bonds is 4. The summed E-state index contributed by atoms with van der Waals surface area (Å²) in [5, 5.41) is 2.94. The third-order valence-corrected chi connectivity index (χ3v) is 5.14. The Morgan fingerprint density at radius 1 is 1.28 bits per heavy atom. The van der Waals surface area contributed by atoms with Gasteiger partial charge in [-0.2, -0.15) is 0 Å². The SMILES string of the molecule is Cc1ccoc1C(=O)NC1CCN(C(=O)c2ccc3nc(C(F)F)[nH]c3c2)CC1. The summed E-state index contributed by atoms with van der Waals surface area (Å²) in [6.07, 6.45) is 0.0329. The number of aromatic nitrogens is 2. The van der Waals surface area contributed by atoms with E-state index in [1.165, 1.54) is 6.26 Å². The van der Waals surface area contributed by atoms with Gasteiger partial charge in [0.25, 0.3) is 18.2 Å². The standard InChI is InChI=1S/C20H20F2N4O3/c1-11-6-9-29-16(11)19(27)23-13-4-7-26(8-5-13)20(28)12-2-3-14-15(10-12)25-18(24-14)17(21)22/h2-3,6,9-10,13,17H,4-5,7-8H2,1H3,(H,23,27)(H,24,25). The molecule has 3 aromatic rings. The van der Waals surface area contributed by atoms with Gasteiger partial charge in [-0.05, 0) is 44.0 Å². The summed E-state index contributed by atoms with van der Waals surface area (Å²) in [7, 11) is 0. The second-order valence-electron chi connectivity index (χ2n) is 7.13. The molecule has 0 saturated carbocycles. The number of nitrogens with one attached hydrogen (secondary N) is 2. The molecule has 2 N–H and O–H groups in total. The lowest BCUT2D eigenvalue weighted by atomic mass is 10.0. The van der Waals surface area contributed by atoms with Crippen LogP contribution in [0.2, 0.25) is 0 Å². The zero-order valence-corrected chi connectivity index (χ0v) is 15.7. The van der Waals surface area contributed by atoms with Gasteiger partial charge in [-0.15, -0.1) is 0 Å². The predicted molar refractivity (Wildman–Crippen MR) is 101 cm³/mol. The van der Waals surface area contributed by atoms with E-state index in [-0.39, 0.29) is 17.9 Å². The Balaban J connectivity index is 1.38. The Bertz CT molecular complexity index is 1050. The van der Waals surface area contributed by atoms with Gasteiger partial charge in [0.05, 0.1) is 17.3 Å². The summed E-state index contributed by atoms with van der Waals surface area (Å²) in [5.74, 6) is -0.531. The molecule has 1 aliphatic heterocycles. The molecule has 3 heterocycles. The van der Waals surface area contributed by atoms with Crippen molar-refractivity contribution in [1.82, 2.24) is 20.2 Å². The average molecular weight is 402 g/mol. The zero-order chi connectivity index (χ0) is 20.5. The maximum Gasteiger partial charge on any atom is 0.295 e. The Labute approximate surface area is 165 Å². The Hall–Kier alpha value is -3.23. The molecule has 2 aromatic heterocycles. The molecule has 0 radical (unpaired) electrons. The molecule has 29 heavy (non-hydrogen) atoms. The van der Waals surface area contributed by atoms with Gasteiger partial charge in [-0.1, -0.05) is 0 Å². The van der Waals surface area contributed by atoms with Crippen LogP contribution >= 0.6 is 0 Å². The highest BCUT2D eigenvalue weighted by molar-refractivity contribution is 5.97. The number of aryl methyl sites for hydroxylation is 1. The molecule has 0 unspecified atom stereocenters. The number of piperidine rings is 1. The van der Waals surface area contributed by atoms with E-state index in [1.54, 1.807) is 36.1 Å². The average Bonchev–Trinajstić information content (AvgIpc) is 3.33. The van der Waals surface area contributed by atoms with Gasteiger partial charge in [0, 0.05) is 30.3 Å². The minimum absolute atomic E-state index is 0.0419. The number of furan rings is 1. The summed E-state index contributed by atoms with van der Waals surface area (Å²) >= 11 is 0. The van der Waals surface area contributed by atoms with Crippen LogP contribution in [-0.2, 0) is 0 Å². The number of nitrogens with zero attached hydrogens (tertiary/aromatic N) is 2. The maximum absolute atomic E-state index is 12.8. The van der Waals surface area contributed by atoms with E-state index in [2.05, 4.69) is 15.3 Å². The lowest BCUT2D eigenvalue weighted by Crippen LogP contribution is -2.46. The van der Waals surface area contributed by atoms with E-state index in [1.807, 2.05) is 0 Å². The number of alkyl halides is 2. The molecule has 1 saturated heterocycles. The molecule has 9 heteroatoms. The first-order valence-electron chi connectivity index (χ1n) is 9.34. The van der Waals surface area contributed by atoms with E-state index in [0.29, 0.717) is 48.3 Å². The molecule has 1 aromatic carbocycles. The molecule has 2 amide bonds. The number of likely N-dealkylation sites (tertiary alicyclic amines) is 1. The Kier molecular flexibility index (Phi) is 5.04. The van der Waals surface area contributed by atoms with Crippen molar-refractivity contribution in [3.05, 3.63) is 53.2 Å². The molecule has 152 valence electrons. The fraction of sp³-hybridized carbons (Fsp3) is 0.350. The van der Waals surface area contributed by atoms with Crippen molar-refractivity contribution < 1.29 is 22.8 Å². The van der Waals surface area contributed by atoms with Gasteiger partial charge in [0.1, 0.15) is 0 Å². The van der Waals surface area contributed by atoms with Crippen LogP contribution in [0.5, 0.6) is 0 Å². The highest BCUT2D eigenvalue weighted by Crippen LogP contribution is 2.22. The molecule has 0 spiro atoms. The predicted octanol–water partition coefficient (Wildman–Crippen LogP) is 3.44. The molecular weight excluding hydrogens is 382 g/mol. The van der Waals surface area contributed by atoms with Gasteiger partial charge in [-0.3, -0.25) is 9.59 Å². The normalized spacial score (nSPS) is 15.2. The summed E-state index contributed by atoms with van der Waals surface area (Å²) in [6.45, 7) is 2.79. The van der Waals surface area contributed by atoms with E-state index >= 15 is 0 Å². The summed E-state index contributed by atoms with van der Waals surface area (Å²) in [5.41, 5.74) is 1.99. The monoisotopic (exact) mass is 402 g/mol. The quantitative estimate of drug-likeness (QED) is 0.699. The van der Waals surface area contributed by atoms with Crippen molar-refractivity contribution in [2.45, 2.75) is 32.2 Å². The number of benzene rings is 1. The van der Waals surface area contributed by atoms with Crippen LogP contribution < -0.4 is 5.32 Å². The summed E-state index contributed by atoms with van der Waals surface area (Å²) < 4.78 is 30.8. The van der Waals surface area contributed by atoms with Gasteiger partial charge in [-0.25, -0.2) is 13.8 Å². The molecular formula is C20H20F2N4O3. The third-order valence-electron chi connectivity index (χ3n) is 5.14. The molecule has 4 rings (SSSR count). The molecule has 0 aliphatic carbocycles. The number of aromatic amines is 1. The van der Waals surface area contributed by atoms with Crippen molar-refractivity contribution in [2.24, 2.45) is 0 Å². The van der Waals surface area contributed by atoms with Crippen LogP contribution in [0.1, 0.15) is 51.6 Å². The first kappa shape index (κ1) is 19.1. The molecule has 0 bridgehead atoms. The van der Waals surface area contributed by atoms with Gasteiger partial charge >= 0.3 is 0 Å². The number of halogens is 2. The van der Waals surface area contributed by atoms with Crippen LogP contribution in [0.3, 0.4) is 0 Å². The fourth-order valence-electron chi connectivity index (χ4n) is 3.53. The van der Waals surface area contributed by atoms with Crippen molar-refractivity contribution >= 4 is 22.8 Å². The minimum atomic E-state index is -2.69. The van der Waals surface area contributed by atoms with Crippen LogP contribution in [0.15, 0.2) is 34.9 Å². The number of hydrogen-bond acceptors (Lipinski definition) is 4. The van der Waals surface area contributed by atoms with Crippen LogP contribution in [0.4, 0.5) is 8.78 Å². The summed E-state index contributed by atoms with van der Waals surface area (Å²) in [6, 6.07) is 6.39. The van der Waals surface area contributed by atoms with E-state index in [0.717, 1.165) is 5.56 Å². The first-order valence-corrected chi connectivity index (χ1v) is 9.34. The molecule has 7 nitrogen and oxygen atoms in total. The molecule has 0 atom stereocenters. The lowest BCUT2D eigenvalue weighted by Gasteiger charge is -2.32. The van der Waals surface area contributed by atoms with Crippen molar-refractivity contribution in [1.29, 1.82) is 0 Å². The van der Waals surface area contributed by atoms with Gasteiger partial charge < -0.3 is 19.6 Å². The molecule has 1 fully saturated rings. The second-order valence-corrected chi connectivity index (χ2v) is 7.13. The van der Waals surface area contributed by atoms with Gasteiger partial charge in [0.15, 0.2) is 11.6 Å². The van der Waals surface area contributed by atoms with Crippen LogP contribution in [-0.4, -0.2) is 45.8 Å². The number of imidazole rings is 1. The highest BCUT2D eigenvalue weighted by atomic mass is 19.3. The van der Waals surface area contributed by atoms with E-state index in [9.17, 15) is 18.4 Å². The number of H-pyrrole nitrogens is 1. The number of carbonyl (C=O) groups is 2. The first-order chi connectivity index (χ1) is 13.9. The largest absolute Gasteiger partial charge is 0.459 e. The van der Waals surface area contributed by atoms with Gasteiger partial charge in [0.2, 0.25) is 0 Å². The Morgan fingerprint density at radius 3 is 2.69 bits per heavy atom. The fourth-order valence-corrected chi connectivity index (χ4v) is 3.53. The number of fused-ring (bicyclic) bond motifs is 1. The molecule has 1 aliphatic rings.